The van der Waals surface area contributed by atoms with E-state index in [1.54, 1.807) is 11.6 Å². The van der Waals surface area contributed by atoms with Crippen molar-refractivity contribution in [2.75, 3.05) is 11.6 Å². The van der Waals surface area contributed by atoms with Gasteiger partial charge >= 0.3 is 5.69 Å². The molecule has 0 atom stereocenters. The Bertz CT molecular complexity index is 1300. The van der Waals surface area contributed by atoms with Gasteiger partial charge in [-0.15, -0.1) is 0 Å². The molecule has 9 nitrogen and oxygen atoms in total. The van der Waals surface area contributed by atoms with Crippen LogP contribution in [-0.2, 0) is 25.4 Å². The van der Waals surface area contributed by atoms with Gasteiger partial charge in [-0.2, -0.15) is 10.1 Å². The third-order valence-electron chi connectivity index (χ3n) is 5.34. The topological polar surface area (TPSA) is 94.5 Å². The molecular formula is C21H24N6O3. The van der Waals surface area contributed by atoms with Crippen LogP contribution in [0, 0.1) is 5.41 Å². The van der Waals surface area contributed by atoms with Crippen molar-refractivity contribution in [3.63, 3.8) is 0 Å². The highest BCUT2D eigenvalue weighted by Crippen LogP contribution is 2.26. The zero-order valence-electron chi connectivity index (χ0n) is 17.7. The summed E-state index contributed by atoms with van der Waals surface area (Å²) < 4.78 is 4.15. The maximum absolute atomic E-state index is 12.9. The van der Waals surface area contributed by atoms with Crippen LogP contribution in [0.15, 0.2) is 45.0 Å². The number of anilines is 1. The SMILES string of the molecule is Cn1c(=O)c2c(nc3n2CC(c2ccccc2)=NN3CC(=O)C(C)(C)C)n(C)c1=O. The molecule has 156 valence electrons. The van der Waals surface area contributed by atoms with E-state index in [4.69, 9.17) is 5.10 Å². The van der Waals surface area contributed by atoms with Gasteiger partial charge in [-0.3, -0.25) is 23.3 Å². The van der Waals surface area contributed by atoms with Crippen molar-refractivity contribution in [1.82, 2.24) is 18.7 Å². The highest BCUT2D eigenvalue weighted by atomic mass is 16.2. The fourth-order valence-corrected chi connectivity index (χ4v) is 3.41. The molecule has 0 bridgehead atoms. The van der Waals surface area contributed by atoms with Crippen LogP contribution in [0.5, 0.6) is 0 Å². The monoisotopic (exact) mass is 408 g/mol. The molecular weight excluding hydrogens is 384 g/mol. The Labute approximate surface area is 172 Å². The second-order valence-electron chi connectivity index (χ2n) is 8.52. The number of ketones is 1. The van der Waals surface area contributed by atoms with E-state index in [0.29, 0.717) is 23.7 Å². The minimum atomic E-state index is -0.556. The summed E-state index contributed by atoms with van der Waals surface area (Å²) in [7, 11) is 3.02. The number of carbonyl (C=O) groups excluding carboxylic acids is 1. The lowest BCUT2D eigenvalue weighted by atomic mass is 9.91. The van der Waals surface area contributed by atoms with Crippen molar-refractivity contribution in [1.29, 1.82) is 0 Å². The number of imidazole rings is 1. The molecule has 3 heterocycles. The average molecular weight is 408 g/mol. The van der Waals surface area contributed by atoms with Crippen LogP contribution in [0.3, 0.4) is 0 Å². The predicted molar refractivity (Wildman–Crippen MR) is 115 cm³/mol. The number of hydrazone groups is 1. The van der Waals surface area contributed by atoms with E-state index in [9.17, 15) is 14.4 Å². The number of hydrogen-bond acceptors (Lipinski definition) is 6. The Morgan fingerprint density at radius 3 is 2.37 bits per heavy atom. The van der Waals surface area contributed by atoms with Crippen LogP contribution >= 0.6 is 0 Å². The molecule has 0 radical (unpaired) electrons. The first kappa shape index (κ1) is 19.8. The molecule has 0 amide bonds. The number of carbonyl (C=O) groups is 1. The van der Waals surface area contributed by atoms with Crippen molar-refractivity contribution < 1.29 is 4.79 Å². The van der Waals surface area contributed by atoms with Crippen molar-refractivity contribution in [3.8, 4) is 0 Å². The molecule has 4 rings (SSSR count). The Kier molecular flexibility index (Phi) is 4.48. The zero-order valence-corrected chi connectivity index (χ0v) is 17.7. The third kappa shape index (κ3) is 3.06. The summed E-state index contributed by atoms with van der Waals surface area (Å²) in [5.74, 6) is 0.363. The fourth-order valence-electron chi connectivity index (χ4n) is 3.41. The quantitative estimate of drug-likeness (QED) is 0.651. The Morgan fingerprint density at radius 1 is 1.07 bits per heavy atom. The third-order valence-corrected chi connectivity index (χ3v) is 5.34. The van der Waals surface area contributed by atoms with Gasteiger partial charge in [0.2, 0.25) is 5.95 Å². The number of benzene rings is 1. The fraction of sp³-hybridized carbons (Fsp3) is 0.381. The van der Waals surface area contributed by atoms with E-state index in [1.165, 1.54) is 16.6 Å². The number of aromatic nitrogens is 4. The Balaban J connectivity index is 1.96. The minimum Gasteiger partial charge on any atom is -0.297 e. The van der Waals surface area contributed by atoms with Crippen molar-refractivity contribution >= 4 is 28.6 Å². The smallest absolute Gasteiger partial charge is 0.297 e. The molecule has 0 aliphatic carbocycles. The number of aryl methyl sites for hydroxylation is 1. The van der Waals surface area contributed by atoms with Crippen molar-refractivity contribution in [3.05, 3.63) is 56.7 Å². The summed E-state index contributed by atoms with van der Waals surface area (Å²) in [6, 6.07) is 9.60. The van der Waals surface area contributed by atoms with Gasteiger partial charge in [0.05, 0.1) is 12.3 Å². The molecule has 9 heteroatoms. The molecule has 0 spiro atoms. The minimum absolute atomic E-state index is 0.0113. The van der Waals surface area contributed by atoms with Crippen LogP contribution in [0.1, 0.15) is 26.3 Å². The first-order valence-electron chi connectivity index (χ1n) is 9.69. The van der Waals surface area contributed by atoms with Crippen LogP contribution in [0.25, 0.3) is 11.2 Å². The Hall–Kier alpha value is -3.49. The van der Waals surface area contributed by atoms with Crippen LogP contribution in [0.2, 0.25) is 0 Å². The summed E-state index contributed by atoms with van der Waals surface area (Å²) in [5, 5.41) is 6.23. The van der Waals surface area contributed by atoms with Crippen LogP contribution in [0.4, 0.5) is 5.95 Å². The largest absolute Gasteiger partial charge is 0.332 e. The Morgan fingerprint density at radius 2 is 1.73 bits per heavy atom. The second kappa shape index (κ2) is 6.79. The lowest BCUT2D eigenvalue weighted by Crippen LogP contribution is -2.39. The highest BCUT2D eigenvalue weighted by molar-refractivity contribution is 6.03. The molecule has 0 saturated carbocycles. The van der Waals surface area contributed by atoms with Crippen molar-refractivity contribution in [2.24, 2.45) is 24.6 Å². The summed E-state index contributed by atoms with van der Waals surface area (Å²) in [4.78, 5) is 42.6. The molecule has 0 fully saturated rings. The summed E-state index contributed by atoms with van der Waals surface area (Å²) in [6.07, 6.45) is 0. The summed E-state index contributed by atoms with van der Waals surface area (Å²) >= 11 is 0. The molecule has 2 aromatic heterocycles. The van der Waals surface area contributed by atoms with Crippen molar-refractivity contribution in [2.45, 2.75) is 27.3 Å². The lowest BCUT2D eigenvalue weighted by Gasteiger charge is -2.28. The maximum atomic E-state index is 12.9. The van der Waals surface area contributed by atoms with Gasteiger partial charge < -0.3 is 0 Å². The van der Waals surface area contributed by atoms with Gasteiger partial charge in [0.1, 0.15) is 6.54 Å². The molecule has 1 aromatic carbocycles. The summed E-state index contributed by atoms with van der Waals surface area (Å²) in [6.45, 7) is 5.87. The van der Waals surface area contributed by atoms with Gasteiger partial charge in [0.15, 0.2) is 16.9 Å². The van der Waals surface area contributed by atoms with E-state index >= 15 is 0 Å². The zero-order chi connectivity index (χ0) is 21.8. The molecule has 0 unspecified atom stereocenters. The predicted octanol–water partition coefficient (Wildman–Crippen LogP) is 1.27. The average Bonchev–Trinajstić information content (AvgIpc) is 3.10. The normalized spacial score (nSPS) is 14.0. The number of nitrogens with zero attached hydrogens (tertiary/aromatic N) is 6. The van der Waals surface area contributed by atoms with E-state index in [1.807, 2.05) is 51.1 Å². The van der Waals surface area contributed by atoms with E-state index < -0.39 is 16.7 Å². The second-order valence-corrected chi connectivity index (χ2v) is 8.52. The van der Waals surface area contributed by atoms with E-state index in [2.05, 4.69) is 4.98 Å². The number of rotatable bonds is 3. The molecule has 0 N–H and O–H groups in total. The number of Topliss-reactive ketones (excluding diaryl/α,β-unsaturated/α-hetero) is 1. The lowest BCUT2D eigenvalue weighted by molar-refractivity contribution is -0.124. The maximum Gasteiger partial charge on any atom is 0.332 e. The van der Waals surface area contributed by atoms with Crippen LogP contribution in [-0.4, -0.2) is 36.7 Å². The first-order valence-corrected chi connectivity index (χ1v) is 9.69. The molecule has 1 aliphatic rings. The molecule has 3 aromatic rings. The highest BCUT2D eigenvalue weighted by Gasteiger charge is 2.31. The van der Waals surface area contributed by atoms with Gasteiger partial charge in [-0.1, -0.05) is 51.1 Å². The first-order chi connectivity index (χ1) is 14.1. The van der Waals surface area contributed by atoms with Gasteiger partial charge in [-0.05, 0) is 5.56 Å². The van der Waals surface area contributed by atoms with Gasteiger partial charge in [0, 0.05) is 19.5 Å². The van der Waals surface area contributed by atoms with E-state index in [-0.39, 0.29) is 18.0 Å². The summed E-state index contributed by atoms with van der Waals surface area (Å²) in [5.41, 5.74) is 0.745. The molecule has 30 heavy (non-hydrogen) atoms. The number of hydrogen-bond donors (Lipinski definition) is 0. The van der Waals surface area contributed by atoms with Gasteiger partial charge in [0.25, 0.3) is 5.56 Å². The number of fused-ring (bicyclic) bond motifs is 3. The van der Waals surface area contributed by atoms with Crippen LogP contribution < -0.4 is 16.3 Å². The van der Waals surface area contributed by atoms with E-state index in [0.717, 1.165) is 10.1 Å². The molecule has 0 saturated heterocycles. The van der Waals surface area contributed by atoms with Gasteiger partial charge in [-0.25, -0.2) is 9.80 Å². The molecule has 1 aliphatic heterocycles. The standard InChI is InChI=1S/C21H24N6O3/c1-21(2,3)15(28)12-27-19-22-17-16(18(29)25(5)20(30)24(17)4)26(19)11-14(23-27)13-9-7-6-8-10-13/h6-10H,11-12H2,1-5H3.